The molecule has 1 heterocycles. The van der Waals surface area contributed by atoms with E-state index in [2.05, 4.69) is 5.32 Å². The predicted molar refractivity (Wildman–Crippen MR) is 121 cm³/mol. The summed E-state index contributed by atoms with van der Waals surface area (Å²) in [5.41, 5.74) is 0.829. The number of benzene rings is 1. The van der Waals surface area contributed by atoms with Crippen LogP contribution in [0.15, 0.2) is 29.2 Å². The lowest BCUT2D eigenvalue weighted by Crippen LogP contribution is -2.29. The minimum atomic E-state index is -0.863. The van der Waals surface area contributed by atoms with Gasteiger partial charge in [-0.3, -0.25) is 19.3 Å². The van der Waals surface area contributed by atoms with E-state index < -0.39 is 5.97 Å². The van der Waals surface area contributed by atoms with E-state index in [9.17, 15) is 14.4 Å². The summed E-state index contributed by atoms with van der Waals surface area (Å²) in [7, 11) is 1.59. The summed E-state index contributed by atoms with van der Waals surface area (Å²) in [6.07, 6.45) is 4.92. The first-order valence-corrected chi connectivity index (χ1v) is 11.0. The molecular weight excluding hydrogens is 424 g/mol. The highest BCUT2D eigenvalue weighted by Gasteiger charge is 2.31. The third-order valence-corrected chi connectivity index (χ3v) is 5.85. The third kappa shape index (κ3) is 7.46. The van der Waals surface area contributed by atoms with Crippen molar-refractivity contribution < 1.29 is 24.2 Å². The molecule has 30 heavy (non-hydrogen) atoms. The van der Waals surface area contributed by atoms with Crippen LogP contribution in [0.5, 0.6) is 5.75 Å². The van der Waals surface area contributed by atoms with E-state index in [1.807, 2.05) is 24.3 Å². The van der Waals surface area contributed by atoms with Crippen molar-refractivity contribution in [1.82, 2.24) is 10.2 Å². The van der Waals surface area contributed by atoms with Crippen molar-refractivity contribution in [3.63, 3.8) is 0 Å². The predicted octanol–water partition coefficient (Wildman–Crippen LogP) is 3.44. The standard InChI is InChI=1S/C21H26N2O5S2/c1-28-16-9-5-4-8-15(16)14-17-20(27)23(21(29)30-17)13-6-2-3-10-18(24)22-12-7-11-19(25)26/h4-5,8-9,14H,2-3,6-7,10-13H2,1H3,(H,22,24)(H,25,26)/b17-14-. The molecular formula is C21H26N2O5S2. The van der Waals surface area contributed by atoms with Gasteiger partial charge in [-0.2, -0.15) is 0 Å². The Hall–Kier alpha value is -2.39. The first-order valence-electron chi connectivity index (χ1n) is 9.79. The molecule has 0 aliphatic carbocycles. The Morgan fingerprint density at radius 2 is 1.97 bits per heavy atom. The molecule has 0 radical (unpaired) electrons. The van der Waals surface area contributed by atoms with Crippen LogP contribution >= 0.6 is 24.0 Å². The topological polar surface area (TPSA) is 95.9 Å². The van der Waals surface area contributed by atoms with Crippen LogP contribution in [0.1, 0.15) is 44.1 Å². The number of amides is 2. The molecule has 0 aromatic heterocycles. The van der Waals surface area contributed by atoms with Gasteiger partial charge < -0.3 is 15.2 Å². The average Bonchev–Trinajstić information content (AvgIpc) is 2.98. The van der Waals surface area contributed by atoms with Gasteiger partial charge in [0, 0.05) is 31.5 Å². The van der Waals surface area contributed by atoms with Gasteiger partial charge >= 0.3 is 5.97 Å². The number of methoxy groups -OCH3 is 1. The van der Waals surface area contributed by atoms with Crippen molar-refractivity contribution in [3.05, 3.63) is 34.7 Å². The number of thiocarbonyl (C=S) groups is 1. The summed E-state index contributed by atoms with van der Waals surface area (Å²) >= 11 is 6.64. The van der Waals surface area contributed by atoms with Gasteiger partial charge in [0.25, 0.3) is 5.91 Å². The summed E-state index contributed by atoms with van der Waals surface area (Å²) < 4.78 is 5.87. The monoisotopic (exact) mass is 450 g/mol. The SMILES string of the molecule is COc1ccccc1/C=C1\SC(=S)N(CCCCCC(=O)NCCCC(=O)O)C1=O. The van der Waals surface area contributed by atoms with Gasteiger partial charge in [-0.1, -0.05) is 48.6 Å². The molecule has 0 unspecified atom stereocenters. The molecule has 0 saturated carbocycles. The highest BCUT2D eigenvalue weighted by molar-refractivity contribution is 8.26. The first-order chi connectivity index (χ1) is 14.4. The quantitative estimate of drug-likeness (QED) is 0.286. The molecule has 1 fully saturated rings. The van der Waals surface area contributed by atoms with Crippen LogP contribution in [0.25, 0.3) is 6.08 Å². The van der Waals surface area contributed by atoms with Crippen LogP contribution in [-0.2, 0) is 14.4 Å². The number of ether oxygens (including phenoxy) is 1. The van der Waals surface area contributed by atoms with Gasteiger partial charge in [0.05, 0.1) is 12.0 Å². The number of thioether (sulfide) groups is 1. The Labute approximate surface area is 185 Å². The molecule has 162 valence electrons. The van der Waals surface area contributed by atoms with E-state index in [0.29, 0.717) is 47.3 Å². The van der Waals surface area contributed by atoms with Crippen molar-refractivity contribution in [2.24, 2.45) is 0 Å². The zero-order valence-corrected chi connectivity index (χ0v) is 18.5. The van der Waals surface area contributed by atoms with Crippen molar-refractivity contribution in [2.45, 2.75) is 38.5 Å². The molecule has 7 nitrogen and oxygen atoms in total. The number of carbonyl (C=O) groups is 3. The number of unbranched alkanes of at least 4 members (excludes halogenated alkanes) is 2. The highest BCUT2D eigenvalue weighted by Crippen LogP contribution is 2.34. The minimum Gasteiger partial charge on any atom is -0.496 e. The molecule has 1 aromatic carbocycles. The zero-order valence-electron chi connectivity index (χ0n) is 16.9. The van der Waals surface area contributed by atoms with Gasteiger partial charge in [0.2, 0.25) is 5.91 Å². The zero-order chi connectivity index (χ0) is 21.9. The number of rotatable bonds is 12. The van der Waals surface area contributed by atoms with Crippen LogP contribution in [0.4, 0.5) is 0 Å². The number of nitrogens with one attached hydrogen (secondary N) is 1. The van der Waals surface area contributed by atoms with Crippen LogP contribution in [0, 0.1) is 0 Å². The fourth-order valence-electron chi connectivity index (χ4n) is 2.91. The molecule has 1 aliphatic heterocycles. The summed E-state index contributed by atoms with van der Waals surface area (Å²) in [6.45, 7) is 0.897. The number of carboxylic acids is 1. The fraction of sp³-hybridized carbons (Fsp3) is 0.429. The second-order valence-electron chi connectivity index (χ2n) is 6.73. The van der Waals surface area contributed by atoms with Gasteiger partial charge in [-0.05, 0) is 31.4 Å². The number of carboxylic acid groups (broad SMARTS) is 1. The fourth-order valence-corrected chi connectivity index (χ4v) is 4.21. The van der Waals surface area contributed by atoms with Crippen LogP contribution in [0.3, 0.4) is 0 Å². The number of hydrogen-bond acceptors (Lipinski definition) is 6. The Kier molecular flexibility index (Phi) is 9.82. The molecule has 1 aromatic rings. The van der Waals surface area contributed by atoms with E-state index >= 15 is 0 Å². The smallest absolute Gasteiger partial charge is 0.303 e. The molecule has 0 spiro atoms. The average molecular weight is 451 g/mol. The molecule has 1 aliphatic rings. The number of para-hydroxylation sites is 1. The molecule has 2 amide bonds. The molecule has 9 heteroatoms. The first kappa shape index (κ1) is 23.9. The van der Waals surface area contributed by atoms with Gasteiger partial charge in [0.1, 0.15) is 10.1 Å². The number of aliphatic carboxylic acids is 1. The molecule has 1 saturated heterocycles. The Bertz CT molecular complexity index is 825. The highest BCUT2D eigenvalue weighted by atomic mass is 32.2. The molecule has 0 bridgehead atoms. The Balaban J connectivity index is 1.73. The van der Waals surface area contributed by atoms with Crippen molar-refractivity contribution in [1.29, 1.82) is 0 Å². The Morgan fingerprint density at radius 1 is 1.20 bits per heavy atom. The van der Waals surface area contributed by atoms with E-state index in [0.717, 1.165) is 18.4 Å². The maximum Gasteiger partial charge on any atom is 0.303 e. The second kappa shape index (κ2) is 12.3. The van der Waals surface area contributed by atoms with Gasteiger partial charge in [-0.25, -0.2) is 0 Å². The van der Waals surface area contributed by atoms with Crippen molar-refractivity contribution in [3.8, 4) is 5.75 Å². The lowest BCUT2D eigenvalue weighted by molar-refractivity contribution is -0.137. The maximum absolute atomic E-state index is 12.7. The van der Waals surface area contributed by atoms with E-state index in [1.165, 1.54) is 11.8 Å². The Morgan fingerprint density at radius 3 is 2.70 bits per heavy atom. The lowest BCUT2D eigenvalue weighted by Gasteiger charge is -2.14. The number of nitrogens with zero attached hydrogens (tertiary/aromatic N) is 1. The van der Waals surface area contributed by atoms with E-state index in [1.54, 1.807) is 18.1 Å². The number of carbonyl (C=O) groups excluding carboxylic acids is 2. The maximum atomic E-state index is 12.7. The molecule has 2 N–H and O–H groups in total. The van der Waals surface area contributed by atoms with E-state index in [4.69, 9.17) is 22.1 Å². The summed E-state index contributed by atoms with van der Waals surface area (Å²) in [6, 6.07) is 7.49. The van der Waals surface area contributed by atoms with Crippen LogP contribution < -0.4 is 10.1 Å². The summed E-state index contributed by atoms with van der Waals surface area (Å²) in [5, 5.41) is 11.3. The molecule has 0 atom stereocenters. The van der Waals surface area contributed by atoms with Crippen molar-refractivity contribution in [2.75, 3.05) is 20.2 Å². The van der Waals surface area contributed by atoms with Crippen LogP contribution in [-0.4, -0.2) is 52.3 Å². The largest absolute Gasteiger partial charge is 0.496 e. The molecule has 2 rings (SSSR count). The number of hydrogen-bond donors (Lipinski definition) is 2. The van der Waals surface area contributed by atoms with Gasteiger partial charge in [-0.15, -0.1) is 0 Å². The summed E-state index contributed by atoms with van der Waals surface area (Å²) in [5.74, 6) is -0.348. The van der Waals surface area contributed by atoms with Crippen LogP contribution in [0.2, 0.25) is 0 Å². The second-order valence-corrected chi connectivity index (χ2v) is 8.41. The van der Waals surface area contributed by atoms with Crippen molar-refractivity contribution >= 4 is 52.2 Å². The third-order valence-electron chi connectivity index (χ3n) is 4.47. The van der Waals surface area contributed by atoms with E-state index in [-0.39, 0.29) is 18.2 Å². The normalized spacial score (nSPS) is 15.0. The van der Waals surface area contributed by atoms with Gasteiger partial charge in [0.15, 0.2) is 0 Å². The summed E-state index contributed by atoms with van der Waals surface area (Å²) in [4.78, 5) is 37.0. The lowest BCUT2D eigenvalue weighted by atomic mass is 10.1. The minimum absolute atomic E-state index is 0.0511.